The van der Waals surface area contributed by atoms with E-state index in [1.54, 1.807) is 0 Å². The molecule has 1 aromatic carbocycles. The van der Waals surface area contributed by atoms with Gasteiger partial charge in [-0.05, 0) is 51.3 Å². The Hall–Kier alpha value is -1.53. The van der Waals surface area contributed by atoms with Crippen molar-refractivity contribution in [3.63, 3.8) is 0 Å². The molecule has 0 radical (unpaired) electrons. The highest BCUT2D eigenvalue weighted by Gasteiger charge is 2.22. The van der Waals surface area contributed by atoms with Gasteiger partial charge >= 0.3 is 0 Å². The van der Waals surface area contributed by atoms with Crippen LogP contribution in [-0.4, -0.2) is 54.2 Å². The van der Waals surface area contributed by atoms with E-state index in [2.05, 4.69) is 17.6 Å². The predicted octanol–water partition coefficient (Wildman–Crippen LogP) is 2.27. The molecule has 2 heterocycles. The van der Waals surface area contributed by atoms with Crippen molar-refractivity contribution in [1.82, 2.24) is 15.5 Å². The van der Waals surface area contributed by atoms with E-state index >= 15 is 0 Å². The molecule has 3 rings (SSSR count). The largest absolute Gasteiger partial charge is 0.349 e. The molecule has 1 aromatic rings. The van der Waals surface area contributed by atoms with Crippen LogP contribution in [0.2, 0.25) is 0 Å². The minimum Gasteiger partial charge on any atom is -0.349 e. The number of hydrogen-bond donors (Lipinski definition) is 2. The van der Waals surface area contributed by atoms with Gasteiger partial charge in [0.1, 0.15) is 0 Å². The Kier molecular flexibility index (Phi) is 6.37. The molecule has 5 nitrogen and oxygen atoms in total. The predicted molar refractivity (Wildman–Crippen MR) is 101 cm³/mol. The van der Waals surface area contributed by atoms with Crippen LogP contribution in [0.15, 0.2) is 29.2 Å². The van der Waals surface area contributed by atoms with Crippen molar-refractivity contribution in [2.75, 3.05) is 25.4 Å². The van der Waals surface area contributed by atoms with Crippen molar-refractivity contribution >= 4 is 23.6 Å². The van der Waals surface area contributed by atoms with Gasteiger partial charge in [-0.25, -0.2) is 0 Å². The second-order valence-corrected chi connectivity index (χ2v) is 7.94. The monoisotopic (exact) mass is 361 g/mol. The molecule has 2 N–H and O–H groups in total. The van der Waals surface area contributed by atoms with Gasteiger partial charge in [-0.3, -0.25) is 9.59 Å². The van der Waals surface area contributed by atoms with E-state index in [1.165, 1.54) is 11.8 Å². The van der Waals surface area contributed by atoms with Crippen molar-refractivity contribution in [3.8, 4) is 0 Å². The number of piperidine rings is 1. The molecule has 136 valence electrons. The number of benzene rings is 1. The maximum atomic E-state index is 12.7. The summed E-state index contributed by atoms with van der Waals surface area (Å²) in [6.45, 7) is 4.82. The zero-order valence-electron chi connectivity index (χ0n) is 14.8. The van der Waals surface area contributed by atoms with Gasteiger partial charge in [0, 0.05) is 30.1 Å². The van der Waals surface area contributed by atoms with Crippen LogP contribution in [-0.2, 0) is 4.79 Å². The van der Waals surface area contributed by atoms with Crippen LogP contribution in [0.4, 0.5) is 0 Å². The fraction of sp³-hybridized carbons (Fsp3) is 0.579. The Bertz CT molecular complexity index is 616. The summed E-state index contributed by atoms with van der Waals surface area (Å²) in [6.07, 6.45) is 4.11. The van der Waals surface area contributed by atoms with E-state index in [4.69, 9.17) is 0 Å². The van der Waals surface area contributed by atoms with E-state index in [1.807, 2.05) is 29.2 Å². The smallest absolute Gasteiger partial charge is 0.252 e. The summed E-state index contributed by atoms with van der Waals surface area (Å²) in [5.74, 6) is 0.537. The molecular weight excluding hydrogens is 334 g/mol. The maximum Gasteiger partial charge on any atom is 0.252 e. The second-order valence-electron chi connectivity index (χ2n) is 6.92. The number of carbonyl (C=O) groups is 2. The molecule has 25 heavy (non-hydrogen) atoms. The van der Waals surface area contributed by atoms with E-state index in [0.717, 1.165) is 50.2 Å². The third-order valence-electron chi connectivity index (χ3n) is 4.90. The van der Waals surface area contributed by atoms with Gasteiger partial charge in [-0.2, -0.15) is 0 Å². The van der Waals surface area contributed by atoms with Crippen molar-refractivity contribution < 1.29 is 9.59 Å². The fourth-order valence-corrected chi connectivity index (χ4v) is 4.46. The van der Waals surface area contributed by atoms with Gasteiger partial charge in [-0.1, -0.05) is 12.1 Å². The number of likely N-dealkylation sites (tertiary alicyclic amines) is 1. The lowest BCUT2D eigenvalue weighted by Crippen LogP contribution is -2.46. The van der Waals surface area contributed by atoms with Crippen molar-refractivity contribution in [2.24, 2.45) is 0 Å². The third-order valence-corrected chi connectivity index (χ3v) is 5.96. The molecule has 0 spiro atoms. The van der Waals surface area contributed by atoms with Crippen LogP contribution in [0.1, 0.15) is 43.0 Å². The average Bonchev–Trinajstić information content (AvgIpc) is 3.14. The minimum atomic E-state index is -0.0316. The van der Waals surface area contributed by atoms with Gasteiger partial charge in [-0.15, -0.1) is 11.8 Å². The lowest BCUT2D eigenvalue weighted by molar-refractivity contribution is -0.127. The number of thioether (sulfide) groups is 1. The normalized spacial score (nSPS) is 23.5. The maximum absolute atomic E-state index is 12.7. The van der Waals surface area contributed by atoms with E-state index in [-0.39, 0.29) is 17.9 Å². The van der Waals surface area contributed by atoms with E-state index in [0.29, 0.717) is 17.4 Å². The zero-order valence-corrected chi connectivity index (χ0v) is 15.6. The molecule has 2 fully saturated rings. The Labute approximate surface area is 153 Å². The molecule has 0 aliphatic carbocycles. The molecule has 2 aliphatic heterocycles. The summed E-state index contributed by atoms with van der Waals surface area (Å²) in [7, 11) is 0. The summed E-state index contributed by atoms with van der Waals surface area (Å²) in [5, 5.41) is 6.56. The molecular formula is C19H27N3O2S. The van der Waals surface area contributed by atoms with Gasteiger partial charge in [0.05, 0.1) is 11.3 Å². The average molecular weight is 362 g/mol. The summed E-state index contributed by atoms with van der Waals surface area (Å²) in [5.41, 5.74) is 0.674. The van der Waals surface area contributed by atoms with Gasteiger partial charge in [0.25, 0.3) is 5.91 Å². The van der Waals surface area contributed by atoms with Crippen LogP contribution in [0.5, 0.6) is 0 Å². The van der Waals surface area contributed by atoms with Crippen LogP contribution >= 0.6 is 11.8 Å². The Morgan fingerprint density at radius 1 is 1.28 bits per heavy atom. The first-order valence-electron chi connectivity index (χ1n) is 9.17. The van der Waals surface area contributed by atoms with Gasteiger partial charge in [0.15, 0.2) is 0 Å². The van der Waals surface area contributed by atoms with Crippen molar-refractivity contribution in [3.05, 3.63) is 29.8 Å². The first-order chi connectivity index (χ1) is 12.1. The number of rotatable bonds is 5. The van der Waals surface area contributed by atoms with Crippen molar-refractivity contribution in [1.29, 1.82) is 0 Å². The molecule has 0 aromatic heterocycles. The number of carbonyl (C=O) groups excluding carboxylic acids is 2. The highest BCUT2D eigenvalue weighted by Crippen LogP contribution is 2.24. The standard InChI is InChI=1S/C19H27N3O2S/c1-14-12-15(8-9-20-14)21-19(24)16-6-2-3-7-17(16)25-13-18(23)22-10-4-5-11-22/h2-3,6-7,14-15,20H,4-5,8-13H2,1H3,(H,21,24). The van der Waals surface area contributed by atoms with E-state index in [9.17, 15) is 9.59 Å². The van der Waals surface area contributed by atoms with Crippen molar-refractivity contribution in [2.45, 2.75) is 49.6 Å². The fourth-order valence-electron chi connectivity index (χ4n) is 3.50. The summed E-state index contributed by atoms with van der Waals surface area (Å²) in [6, 6.07) is 8.23. The summed E-state index contributed by atoms with van der Waals surface area (Å²) in [4.78, 5) is 27.8. The van der Waals surface area contributed by atoms with Gasteiger partial charge in [0.2, 0.25) is 5.91 Å². The highest BCUT2D eigenvalue weighted by atomic mass is 32.2. The second kappa shape index (κ2) is 8.72. The summed E-state index contributed by atoms with van der Waals surface area (Å²) < 4.78 is 0. The highest BCUT2D eigenvalue weighted by molar-refractivity contribution is 8.00. The third kappa shape index (κ3) is 4.98. The molecule has 6 heteroatoms. The Morgan fingerprint density at radius 2 is 2.04 bits per heavy atom. The number of nitrogens with one attached hydrogen (secondary N) is 2. The minimum absolute atomic E-state index is 0.0316. The molecule has 2 unspecified atom stereocenters. The number of nitrogens with zero attached hydrogens (tertiary/aromatic N) is 1. The number of hydrogen-bond acceptors (Lipinski definition) is 4. The van der Waals surface area contributed by atoms with E-state index < -0.39 is 0 Å². The number of amides is 2. The molecule has 2 saturated heterocycles. The lowest BCUT2D eigenvalue weighted by Gasteiger charge is -2.28. The van der Waals surface area contributed by atoms with Gasteiger partial charge < -0.3 is 15.5 Å². The Balaban J connectivity index is 1.59. The molecule has 0 bridgehead atoms. The first-order valence-corrected chi connectivity index (χ1v) is 10.2. The quantitative estimate of drug-likeness (QED) is 0.790. The SMILES string of the molecule is CC1CC(NC(=O)c2ccccc2SCC(=O)N2CCCC2)CCN1. The first kappa shape index (κ1) is 18.3. The van der Waals surface area contributed by atoms with Crippen LogP contribution < -0.4 is 10.6 Å². The van der Waals surface area contributed by atoms with Crippen LogP contribution in [0.25, 0.3) is 0 Å². The zero-order chi connectivity index (χ0) is 17.6. The van der Waals surface area contributed by atoms with Crippen LogP contribution in [0, 0.1) is 0 Å². The molecule has 2 atom stereocenters. The topological polar surface area (TPSA) is 61.4 Å². The molecule has 2 aliphatic rings. The molecule has 2 amide bonds. The lowest BCUT2D eigenvalue weighted by atomic mass is 10.0. The Morgan fingerprint density at radius 3 is 2.80 bits per heavy atom. The summed E-state index contributed by atoms with van der Waals surface area (Å²) >= 11 is 1.47. The van der Waals surface area contributed by atoms with Crippen LogP contribution in [0.3, 0.4) is 0 Å². The molecule has 0 saturated carbocycles.